The summed E-state index contributed by atoms with van der Waals surface area (Å²) in [5.41, 5.74) is -5.55. The van der Waals surface area contributed by atoms with E-state index in [-0.39, 0.29) is 17.6 Å². The van der Waals surface area contributed by atoms with E-state index in [1.54, 1.807) is 6.07 Å². The quantitative estimate of drug-likeness (QED) is 0.610. The van der Waals surface area contributed by atoms with Crippen LogP contribution in [0.5, 0.6) is 0 Å². The van der Waals surface area contributed by atoms with Crippen molar-refractivity contribution in [1.29, 1.82) is 0 Å². The lowest BCUT2D eigenvalue weighted by atomic mass is 9.79. The van der Waals surface area contributed by atoms with Crippen molar-refractivity contribution < 1.29 is 26.4 Å². The van der Waals surface area contributed by atoms with Crippen LogP contribution in [0.2, 0.25) is 0 Å². The summed E-state index contributed by atoms with van der Waals surface area (Å²) in [4.78, 5) is 16.5. The van der Waals surface area contributed by atoms with Crippen molar-refractivity contribution in [3.05, 3.63) is 41.3 Å². The highest BCUT2D eigenvalue weighted by Gasteiger charge is 2.46. The van der Waals surface area contributed by atoms with Crippen molar-refractivity contribution in [2.24, 2.45) is 5.92 Å². The van der Waals surface area contributed by atoms with Gasteiger partial charge in [-0.1, -0.05) is 11.8 Å². The fourth-order valence-corrected chi connectivity index (χ4v) is 6.75. The third-order valence-corrected chi connectivity index (χ3v) is 9.25. The van der Waals surface area contributed by atoms with Gasteiger partial charge < -0.3 is 5.32 Å². The van der Waals surface area contributed by atoms with Gasteiger partial charge >= 0.3 is 15.5 Å². The van der Waals surface area contributed by atoms with E-state index in [0.29, 0.717) is 21.7 Å². The maximum absolute atomic E-state index is 12.8. The lowest BCUT2D eigenvalue weighted by Crippen LogP contribution is -2.62. The minimum atomic E-state index is -5.45. The molecule has 3 saturated heterocycles. The number of fused-ring (bicyclic) bond motifs is 3. The van der Waals surface area contributed by atoms with Gasteiger partial charge in [-0.25, -0.2) is 0 Å². The van der Waals surface area contributed by atoms with Crippen molar-refractivity contribution >= 4 is 44.7 Å². The highest BCUT2D eigenvalue weighted by Crippen LogP contribution is 2.36. The van der Waals surface area contributed by atoms with Crippen molar-refractivity contribution in [3.63, 3.8) is 0 Å². The number of alkyl halides is 3. The summed E-state index contributed by atoms with van der Waals surface area (Å²) in [5, 5.41) is 3.20. The molecule has 174 valence electrons. The maximum Gasteiger partial charge on any atom is 0.516 e. The minimum Gasteiger partial charge on any atom is -0.347 e. The Balaban J connectivity index is 1.36. The Morgan fingerprint density at radius 3 is 2.38 bits per heavy atom. The zero-order valence-corrected chi connectivity index (χ0v) is 19.5. The Kier molecular flexibility index (Phi) is 6.49. The Bertz CT molecular complexity index is 1080. The Morgan fingerprint density at radius 2 is 1.78 bits per heavy atom. The maximum atomic E-state index is 12.8. The standard InChI is InChI=1S/C20H22F3N3O3S3/c1-12-18(13-8-10-26(12)11-9-13)24-19(27)16-6-7-17(31-16)30-15-4-2-14(3-5-15)25-32(28,29)20(21,22)23/h2-7,12-13,18,25H,8-11H2,1H3,(H,24,27)/t12-,18-/m0/s1. The fraction of sp³-hybridized carbons (Fsp3) is 0.450. The number of halogens is 3. The number of thiophene rings is 1. The van der Waals surface area contributed by atoms with Crippen LogP contribution in [0.3, 0.4) is 0 Å². The van der Waals surface area contributed by atoms with Crippen LogP contribution in [0.1, 0.15) is 29.4 Å². The number of carbonyl (C=O) groups is 1. The van der Waals surface area contributed by atoms with E-state index < -0.39 is 15.5 Å². The molecule has 3 aliphatic rings. The number of rotatable bonds is 6. The summed E-state index contributed by atoms with van der Waals surface area (Å²) in [5.74, 6) is 0.422. The molecule has 5 rings (SSSR count). The van der Waals surface area contributed by atoms with Crippen LogP contribution in [0.4, 0.5) is 18.9 Å². The van der Waals surface area contributed by atoms with Crippen molar-refractivity contribution in [1.82, 2.24) is 10.2 Å². The van der Waals surface area contributed by atoms with Gasteiger partial charge in [0.05, 0.1) is 9.09 Å². The molecule has 2 bridgehead atoms. The summed E-state index contributed by atoms with van der Waals surface area (Å²) in [7, 11) is -5.45. The average molecular weight is 506 g/mol. The van der Waals surface area contributed by atoms with E-state index in [4.69, 9.17) is 0 Å². The molecule has 12 heteroatoms. The molecular weight excluding hydrogens is 483 g/mol. The van der Waals surface area contributed by atoms with Gasteiger partial charge in [-0.05, 0) is 75.2 Å². The highest BCUT2D eigenvalue weighted by atomic mass is 32.2. The second-order valence-electron chi connectivity index (χ2n) is 7.91. The van der Waals surface area contributed by atoms with Crippen LogP contribution in [-0.4, -0.2) is 49.9 Å². The largest absolute Gasteiger partial charge is 0.516 e. The lowest BCUT2D eigenvalue weighted by molar-refractivity contribution is -0.0429. The first-order chi connectivity index (χ1) is 15.0. The lowest BCUT2D eigenvalue weighted by Gasteiger charge is -2.49. The summed E-state index contributed by atoms with van der Waals surface area (Å²) < 4.78 is 62.2. The molecule has 0 saturated carbocycles. The number of nitrogens with one attached hydrogen (secondary N) is 2. The van der Waals surface area contributed by atoms with Crippen LogP contribution in [0.25, 0.3) is 0 Å². The number of amides is 1. The first kappa shape index (κ1) is 23.4. The SMILES string of the molecule is C[C@H]1[C@H](NC(=O)c2ccc(Sc3ccc(NS(=O)(=O)C(F)(F)F)cc3)s2)C2CCN1CC2. The number of anilines is 1. The molecule has 2 atom stereocenters. The monoisotopic (exact) mass is 505 g/mol. The molecule has 0 aliphatic carbocycles. The van der Waals surface area contributed by atoms with Crippen LogP contribution < -0.4 is 10.0 Å². The Morgan fingerprint density at radius 1 is 1.12 bits per heavy atom. The summed E-state index contributed by atoms with van der Waals surface area (Å²) in [6.45, 7) is 4.34. The van der Waals surface area contributed by atoms with E-state index in [2.05, 4.69) is 17.1 Å². The molecule has 2 N–H and O–H groups in total. The summed E-state index contributed by atoms with van der Waals surface area (Å²) in [6, 6.07) is 9.64. The molecule has 0 spiro atoms. The smallest absolute Gasteiger partial charge is 0.347 e. The van der Waals surface area contributed by atoms with Crippen molar-refractivity contribution in [2.75, 3.05) is 17.8 Å². The van der Waals surface area contributed by atoms with Gasteiger partial charge in [0.25, 0.3) is 5.91 Å². The molecule has 3 fully saturated rings. The Labute approximate surface area is 192 Å². The first-order valence-corrected chi connectivity index (χ1v) is 13.2. The molecule has 32 heavy (non-hydrogen) atoms. The Hall–Kier alpha value is -1.76. The molecule has 1 amide bonds. The number of hydrogen-bond donors (Lipinski definition) is 2. The second kappa shape index (κ2) is 8.88. The van der Waals surface area contributed by atoms with Crippen molar-refractivity contribution in [3.8, 4) is 0 Å². The van der Waals surface area contributed by atoms with E-state index in [9.17, 15) is 26.4 Å². The molecular formula is C20H22F3N3O3S3. The third kappa shape index (κ3) is 4.92. The molecule has 1 aromatic carbocycles. The predicted molar refractivity (Wildman–Crippen MR) is 118 cm³/mol. The summed E-state index contributed by atoms with van der Waals surface area (Å²) in [6.07, 6.45) is 2.21. The van der Waals surface area contributed by atoms with E-state index in [0.717, 1.165) is 30.1 Å². The van der Waals surface area contributed by atoms with Crippen LogP contribution in [-0.2, 0) is 10.0 Å². The molecule has 3 aliphatic heterocycles. The number of carbonyl (C=O) groups excluding carboxylic acids is 1. The topological polar surface area (TPSA) is 78.5 Å². The van der Waals surface area contributed by atoms with Crippen LogP contribution in [0.15, 0.2) is 45.5 Å². The number of sulfonamides is 1. The molecule has 2 aromatic rings. The summed E-state index contributed by atoms with van der Waals surface area (Å²) >= 11 is 2.69. The predicted octanol–water partition coefficient (Wildman–Crippen LogP) is 4.37. The normalized spacial score (nSPS) is 25.5. The van der Waals surface area contributed by atoms with Gasteiger partial charge in [0.2, 0.25) is 0 Å². The van der Waals surface area contributed by atoms with E-state index in [1.807, 2.05) is 6.07 Å². The fourth-order valence-electron chi connectivity index (χ4n) is 4.19. The van der Waals surface area contributed by atoms with Gasteiger partial charge in [0.1, 0.15) is 0 Å². The number of hydrogen-bond acceptors (Lipinski definition) is 6. The zero-order chi connectivity index (χ0) is 23.1. The number of piperidine rings is 3. The van der Waals surface area contributed by atoms with Crippen LogP contribution >= 0.6 is 23.1 Å². The van der Waals surface area contributed by atoms with Crippen LogP contribution in [0, 0.1) is 5.92 Å². The van der Waals surface area contributed by atoms with Gasteiger partial charge in [0, 0.05) is 22.7 Å². The average Bonchev–Trinajstić information content (AvgIpc) is 3.20. The third-order valence-electron chi connectivity index (χ3n) is 5.91. The number of benzene rings is 1. The van der Waals surface area contributed by atoms with Gasteiger partial charge in [0.15, 0.2) is 0 Å². The second-order valence-corrected chi connectivity index (χ2v) is 12.0. The van der Waals surface area contributed by atoms with Gasteiger partial charge in [-0.15, -0.1) is 11.3 Å². The van der Waals surface area contributed by atoms with Gasteiger partial charge in [-0.3, -0.25) is 14.4 Å². The number of nitrogens with zero attached hydrogens (tertiary/aromatic N) is 1. The molecule has 6 nitrogen and oxygen atoms in total. The zero-order valence-electron chi connectivity index (χ0n) is 17.1. The van der Waals surface area contributed by atoms with E-state index in [1.165, 1.54) is 52.1 Å². The molecule has 1 aromatic heterocycles. The van der Waals surface area contributed by atoms with Crippen molar-refractivity contribution in [2.45, 2.75) is 46.5 Å². The molecule has 0 radical (unpaired) electrons. The van der Waals surface area contributed by atoms with Gasteiger partial charge in [-0.2, -0.15) is 21.6 Å². The molecule has 4 heterocycles. The van der Waals surface area contributed by atoms with E-state index >= 15 is 0 Å². The first-order valence-electron chi connectivity index (χ1n) is 10.1. The minimum absolute atomic E-state index is 0.0932. The highest BCUT2D eigenvalue weighted by molar-refractivity contribution is 8.01. The molecule has 0 unspecified atom stereocenters.